The highest BCUT2D eigenvalue weighted by Crippen LogP contribution is 2.23. The zero-order chi connectivity index (χ0) is 12.1. The van der Waals surface area contributed by atoms with Gasteiger partial charge in [0.2, 0.25) is 5.91 Å². The van der Waals surface area contributed by atoms with E-state index < -0.39 is 0 Å². The molecule has 0 spiro atoms. The predicted molar refractivity (Wildman–Crippen MR) is 69.9 cm³/mol. The van der Waals surface area contributed by atoms with Crippen LogP contribution < -0.4 is 10.6 Å². The summed E-state index contributed by atoms with van der Waals surface area (Å²) in [6.45, 7) is 1.62. The van der Waals surface area contributed by atoms with Crippen molar-refractivity contribution in [3.63, 3.8) is 0 Å². The lowest BCUT2D eigenvalue weighted by molar-refractivity contribution is -0.119. The van der Waals surface area contributed by atoms with Crippen LogP contribution in [0.1, 0.15) is 64.7 Å². The number of carbonyl (C=O) groups excluding carboxylic acids is 1. The molecule has 0 unspecified atom stereocenters. The molecular weight excluding hydrogens is 212 g/mol. The van der Waals surface area contributed by atoms with E-state index in [2.05, 4.69) is 10.6 Å². The average Bonchev–Trinajstić information content (AvgIpc) is 2.32. The number of carbonyl (C=O) groups is 1. The fraction of sp³-hybridized carbons (Fsp3) is 0.929. The van der Waals surface area contributed by atoms with Gasteiger partial charge in [-0.2, -0.15) is 0 Å². The Labute approximate surface area is 105 Å². The monoisotopic (exact) mass is 238 g/mol. The molecule has 2 saturated carbocycles. The maximum Gasteiger partial charge on any atom is 0.217 e. The van der Waals surface area contributed by atoms with E-state index >= 15 is 0 Å². The summed E-state index contributed by atoms with van der Waals surface area (Å²) in [4.78, 5) is 11.0. The molecule has 0 radical (unpaired) electrons. The van der Waals surface area contributed by atoms with Gasteiger partial charge in [-0.3, -0.25) is 4.79 Å². The Hall–Kier alpha value is -0.570. The van der Waals surface area contributed by atoms with Crippen molar-refractivity contribution in [2.24, 2.45) is 0 Å². The predicted octanol–water partition coefficient (Wildman–Crippen LogP) is 2.36. The van der Waals surface area contributed by atoms with E-state index in [1.165, 1.54) is 44.9 Å². The molecular formula is C14H26N2O. The fourth-order valence-corrected chi connectivity index (χ4v) is 3.29. The molecule has 3 heteroatoms. The first-order chi connectivity index (χ1) is 8.24. The van der Waals surface area contributed by atoms with E-state index in [1.54, 1.807) is 6.92 Å². The molecule has 98 valence electrons. The van der Waals surface area contributed by atoms with Crippen molar-refractivity contribution in [2.45, 2.75) is 82.8 Å². The van der Waals surface area contributed by atoms with Crippen LogP contribution in [0.2, 0.25) is 0 Å². The van der Waals surface area contributed by atoms with Gasteiger partial charge in [0, 0.05) is 25.0 Å². The quantitative estimate of drug-likeness (QED) is 0.792. The van der Waals surface area contributed by atoms with E-state index in [4.69, 9.17) is 0 Å². The van der Waals surface area contributed by atoms with Gasteiger partial charge in [-0.25, -0.2) is 0 Å². The summed E-state index contributed by atoms with van der Waals surface area (Å²) < 4.78 is 0. The lowest BCUT2D eigenvalue weighted by atomic mass is 9.88. The van der Waals surface area contributed by atoms with Crippen LogP contribution >= 0.6 is 0 Å². The Morgan fingerprint density at radius 1 is 0.824 bits per heavy atom. The summed E-state index contributed by atoms with van der Waals surface area (Å²) in [6.07, 6.45) is 11.7. The van der Waals surface area contributed by atoms with Crippen molar-refractivity contribution in [3.8, 4) is 0 Å². The molecule has 2 aliphatic rings. The van der Waals surface area contributed by atoms with Crippen LogP contribution in [-0.2, 0) is 4.79 Å². The molecule has 0 aliphatic heterocycles. The molecule has 17 heavy (non-hydrogen) atoms. The molecule has 2 N–H and O–H groups in total. The van der Waals surface area contributed by atoms with Gasteiger partial charge < -0.3 is 10.6 Å². The average molecular weight is 238 g/mol. The topological polar surface area (TPSA) is 41.1 Å². The highest BCUT2D eigenvalue weighted by atomic mass is 16.1. The second-order valence-corrected chi connectivity index (χ2v) is 5.75. The lowest BCUT2D eigenvalue weighted by Crippen LogP contribution is -2.45. The molecule has 0 aromatic heterocycles. The van der Waals surface area contributed by atoms with Crippen molar-refractivity contribution in [1.82, 2.24) is 10.6 Å². The van der Waals surface area contributed by atoms with Gasteiger partial charge in [-0.05, 0) is 38.5 Å². The number of hydrogen-bond donors (Lipinski definition) is 2. The van der Waals surface area contributed by atoms with Gasteiger partial charge >= 0.3 is 0 Å². The summed E-state index contributed by atoms with van der Waals surface area (Å²) in [5.74, 6) is 0.119. The third kappa shape index (κ3) is 4.30. The Morgan fingerprint density at radius 2 is 1.35 bits per heavy atom. The van der Waals surface area contributed by atoms with E-state index in [0.717, 1.165) is 18.9 Å². The molecule has 0 bridgehead atoms. The molecule has 1 amide bonds. The van der Waals surface area contributed by atoms with Crippen LogP contribution in [0, 0.1) is 0 Å². The smallest absolute Gasteiger partial charge is 0.217 e. The second-order valence-electron chi connectivity index (χ2n) is 5.75. The SMILES string of the molecule is CC(=O)NC1CCC(NC2CCCCC2)CC1. The Balaban J connectivity index is 1.66. The summed E-state index contributed by atoms with van der Waals surface area (Å²) in [7, 11) is 0. The standard InChI is InChI=1S/C14H26N2O/c1-11(17)15-13-7-9-14(10-8-13)16-12-5-3-2-4-6-12/h12-14,16H,2-10H2,1H3,(H,15,17). The van der Waals surface area contributed by atoms with Gasteiger partial charge in [0.05, 0.1) is 0 Å². The van der Waals surface area contributed by atoms with Crippen LogP contribution in [0.4, 0.5) is 0 Å². The zero-order valence-electron chi connectivity index (χ0n) is 11.0. The first-order valence-corrected chi connectivity index (χ1v) is 7.27. The summed E-state index contributed by atoms with van der Waals surface area (Å²) in [6, 6.07) is 1.89. The largest absolute Gasteiger partial charge is 0.354 e. The highest BCUT2D eigenvalue weighted by molar-refractivity contribution is 5.73. The molecule has 0 heterocycles. The van der Waals surface area contributed by atoms with Gasteiger partial charge in [0.25, 0.3) is 0 Å². The van der Waals surface area contributed by atoms with E-state index in [-0.39, 0.29) is 5.91 Å². The van der Waals surface area contributed by atoms with Crippen LogP contribution in [0.25, 0.3) is 0 Å². The van der Waals surface area contributed by atoms with Crippen molar-refractivity contribution in [3.05, 3.63) is 0 Å². The first-order valence-electron chi connectivity index (χ1n) is 7.27. The van der Waals surface area contributed by atoms with E-state index in [0.29, 0.717) is 12.1 Å². The van der Waals surface area contributed by atoms with E-state index in [9.17, 15) is 4.79 Å². The van der Waals surface area contributed by atoms with Gasteiger partial charge in [0.15, 0.2) is 0 Å². The molecule has 0 aromatic carbocycles. The lowest BCUT2D eigenvalue weighted by Gasteiger charge is -2.33. The summed E-state index contributed by atoms with van der Waals surface area (Å²) in [5, 5.41) is 6.86. The minimum atomic E-state index is 0.119. The minimum absolute atomic E-state index is 0.119. The maximum atomic E-state index is 11.0. The molecule has 2 aliphatic carbocycles. The normalized spacial score (nSPS) is 31.1. The third-order valence-electron chi connectivity index (χ3n) is 4.21. The first kappa shape index (κ1) is 12.9. The van der Waals surface area contributed by atoms with E-state index in [1.807, 2.05) is 0 Å². The Bertz CT molecular complexity index is 241. The van der Waals surface area contributed by atoms with Crippen molar-refractivity contribution in [1.29, 1.82) is 0 Å². The molecule has 0 atom stereocenters. The number of nitrogens with one attached hydrogen (secondary N) is 2. The van der Waals surface area contributed by atoms with Crippen LogP contribution in [0.5, 0.6) is 0 Å². The zero-order valence-corrected chi connectivity index (χ0v) is 11.0. The third-order valence-corrected chi connectivity index (χ3v) is 4.21. The van der Waals surface area contributed by atoms with Crippen molar-refractivity contribution in [2.75, 3.05) is 0 Å². The second kappa shape index (κ2) is 6.39. The number of hydrogen-bond acceptors (Lipinski definition) is 2. The molecule has 3 nitrogen and oxygen atoms in total. The molecule has 0 aromatic rings. The summed E-state index contributed by atoms with van der Waals surface area (Å²) in [5.41, 5.74) is 0. The summed E-state index contributed by atoms with van der Waals surface area (Å²) >= 11 is 0. The molecule has 2 fully saturated rings. The van der Waals surface area contributed by atoms with Crippen molar-refractivity contribution < 1.29 is 4.79 Å². The Morgan fingerprint density at radius 3 is 1.94 bits per heavy atom. The van der Waals surface area contributed by atoms with Gasteiger partial charge in [0.1, 0.15) is 0 Å². The number of rotatable bonds is 3. The van der Waals surface area contributed by atoms with Gasteiger partial charge in [-0.1, -0.05) is 19.3 Å². The van der Waals surface area contributed by atoms with Crippen molar-refractivity contribution >= 4 is 5.91 Å². The maximum absolute atomic E-state index is 11.0. The highest BCUT2D eigenvalue weighted by Gasteiger charge is 2.24. The van der Waals surface area contributed by atoms with Crippen LogP contribution in [0.15, 0.2) is 0 Å². The van der Waals surface area contributed by atoms with Crippen LogP contribution in [-0.4, -0.2) is 24.0 Å². The van der Waals surface area contributed by atoms with Gasteiger partial charge in [-0.15, -0.1) is 0 Å². The Kier molecular flexibility index (Phi) is 4.84. The molecule has 0 saturated heterocycles. The van der Waals surface area contributed by atoms with Crippen LogP contribution in [0.3, 0.4) is 0 Å². The molecule has 2 rings (SSSR count). The fourth-order valence-electron chi connectivity index (χ4n) is 3.29. The number of amides is 1. The minimum Gasteiger partial charge on any atom is -0.354 e.